The zero-order valence-corrected chi connectivity index (χ0v) is 26.2. The molecule has 0 aromatic rings. The van der Waals surface area contributed by atoms with Gasteiger partial charge in [-0.3, -0.25) is 4.79 Å². The van der Waals surface area contributed by atoms with E-state index in [4.69, 9.17) is 0 Å². The van der Waals surface area contributed by atoms with Crippen LogP contribution in [-0.2, 0) is 4.79 Å². The number of hydrogen-bond donors (Lipinski definition) is 4. The lowest BCUT2D eigenvalue weighted by molar-refractivity contribution is -0.124. The number of carbonyl (C=O) groups excluding carboxylic acids is 1. The van der Waals surface area contributed by atoms with Crippen LogP contribution in [0.5, 0.6) is 0 Å². The molecule has 40 heavy (non-hydrogen) atoms. The van der Waals surface area contributed by atoms with E-state index in [9.17, 15) is 20.1 Å². The van der Waals surface area contributed by atoms with E-state index in [2.05, 4.69) is 43.5 Å². The van der Waals surface area contributed by atoms with E-state index in [0.29, 0.717) is 6.42 Å². The highest BCUT2D eigenvalue weighted by molar-refractivity contribution is 5.76. The molecule has 0 aromatic heterocycles. The van der Waals surface area contributed by atoms with E-state index < -0.39 is 18.2 Å². The first kappa shape index (κ1) is 38.6. The van der Waals surface area contributed by atoms with Crippen molar-refractivity contribution in [3.8, 4) is 0 Å². The quantitative estimate of drug-likeness (QED) is 0.0417. The molecule has 1 amide bonds. The average molecular weight is 564 g/mol. The first-order valence-electron chi connectivity index (χ1n) is 16.8. The molecular weight excluding hydrogens is 498 g/mol. The molecule has 0 rings (SSSR count). The Bertz CT molecular complexity index is 631. The second kappa shape index (κ2) is 30.5. The Balaban J connectivity index is 3.84. The van der Waals surface area contributed by atoms with Gasteiger partial charge in [-0.1, -0.05) is 140 Å². The summed E-state index contributed by atoms with van der Waals surface area (Å²) in [6.45, 7) is 4.13. The van der Waals surface area contributed by atoms with Crippen LogP contribution in [0.15, 0.2) is 36.5 Å². The molecule has 0 aliphatic heterocycles. The summed E-state index contributed by atoms with van der Waals surface area (Å²) in [6, 6.07) is -0.747. The summed E-state index contributed by atoms with van der Waals surface area (Å²) >= 11 is 0. The molecule has 3 unspecified atom stereocenters. The number of aliphatic hydroxyl groups excluding tert-OH is 3. The van der Waals surface area contributed by atoms with E-state index in [1.165, 1.54) is 77.0 Å². The predicted molar refractivity (Wildman–Crippen MR) is 171 cm³/mol. The van der Waals surface area contributed by atoms with E-state index in [1.807, 2.05) is 6.08 Å². The third kappa shape index (κ3) is 26.8. The Labute approximate surface area is 247 Å². The van der Waals surface area contributed by atoms with Crippen LogP contribution >= 0.6 is 0 Å². The summed E-state index contributed by atoms with van der Waals surface area (Å²) in [5.41, 5.74) is 0. The van der Waals surface area contributed by atoms with Gasteiger partial charge in [0.25, 0.3) is 0 Å². The number of amides is 1. The Morgan fingerprint density at radius 2 is 1.10 bits per heavy atom. The maximum atomic E-state index is 12.3. The van der Waals surface area contributed by atoms with Gasteiger partial charge in [-0.2, -0.15) is 0 Å². The van der Waals surface area contributed by atoms with Crippen molar-refractivity contribution in [2.24, 2.45) is 0 Å². The van der Waals surface area contributed by atoms with Crippen molar-refractivity contribution in [1.29, 1.82) is 0 Å². The van der Waals surface area contributed by atoms with Crippen LogP contribution in [0.1, 0.15) is 155 Å². The molecule has 5 heteroatoms. The number of aliphatic hydroxyl groups is 3. The highest BCUT2D eigenvalue weighted by Gasteiger charge is 2.20. The van der Waals surface area contributed by atoms with Crippen molar-refractivity contribution in [2.75, 3.05) is 6.61 Å². The minimum absolute atomic E-state index is 0.00112. The maximum absolute atomic E-state index is 12.3. The van der Waals surface area contributed by atoms with Crippen LogP contribution in [0.2, 0.25) is 0 Å². The highest BCUT2D eigenvalue weighted by atomic mass is 16.3. The van der Waals surface area contributed by atoms with Crippen molar-refractivity contribution in [3.63, 3.8) is 0 Å². The fraction of sp³-hybridized carbons (Fsp3) is 0.800. The van der Waals surface area contributed by atoms with Crippen LogP contribution in [-0.4, -0.2) is 46.1 Å². The number of hydrogen-bond acceptors (Lipinski definition) is 4. The van der Waals surface area contributed by atoms with Gasteiger partial charge in [0, 0.05) is 0 Å². The fourth-order valence-electron chi connectivity index (χ4n) is 4.80. The average Bonchev–Trinajstić information content (AvgIpc) is 2.94. The van der Waals surface area contributed by atoms with E-state index in [-0.39, 0.29) is 18.9 Å². The van der Waals surface area contributed by atoms with Gasteiger partial charge >= 0.3 is 0 Å². The van der Waals surface area contributed by atoms with Crippen molar-refractivity contribution >= 4 is 5.91 Å². The van der Waals surface area contributed by atoms with E-state index >= 15 is 0 Å². The Hall–Kier alpha value is -1.43. The molecule has 0 fully saturated rings. The lowest BCUT2D eigenvalue weighted by atomic mass is 10.0. The van der Waals surface area contributed by atoms with Gasteiger partial charge in [0.2, 0.25) is 5.91 Å². The van der Waals surface area contributed by atoms with Gasteiger partial charge < -0.3 is 20.6 Å². The molecule has 4 N–H and O–H groups in total. The van der Waals surface area contributed by atoms with Crippen LogP contribution in [0.3, 0.4) is 0 Å². The molecule has 5 nitrogen and oxygen atoms in total. The highest BCUT2D eigenvalue weighted by Crippen LogP contribution is 2.12. The number of rotatable bonds is 29. The lowest BCUT2D eigenvalue weighted by Crippen LogP contribution is -2.45. The SMILES string of the molecule is CCCCC/C=C\C=C/CCCCCCC(O)CC(=O)NC(CO)C(O)/C=C/CCCCCCCCCCCC. The van der Waals surface area contributed by atoms with Crippen molar-refractivity contribution in [3.05, 3.63) is 36.5 Å². The number of nitrogens with one attached hydrogen (secondary N) is 1. The molecule has 0 saturated carbocycles. The second-order valence-electron chi connectivity index (χ2n) is 11.4. The first-order valence-corrected chi connectivity index (χ1v) is 16.8. The van der Waals surface area contributed by atoms with Gasteiger partial charge in [0.1, 0.15) is 0 Å². The van der Waals surface area contributed by atoms with E-state index in [0.717, 1.165) is 51.4 Å². The standard InChI is InChI=1S/C35H65NO4/c1-3-5-7-9-11-13-15-17-18-20-22-24-26-28-32(38)30-35(40)36-33(31-37)34(39)29-27-25-23-21-19-16-14-12-10-8-6-4-2/h11,13,15,17,27,29,32-34,37-39H,3-10,12,14,16,18-26,28,30-31H2,1-2H3,(H,36,40)/b13-11-,17-15-,29-27+. The summed E-state index contributed by atoms with van der Waals surface area (Å²) in [5.74, 6) is -0.332. The van der Waals surface area contributed by atoms with Crippen molar-refractivity contribution in [2.45, 2.75) is 173 Å². The summed E-state index contributed by atoms with van der Waals surface area (Å²) in [6.07, 6.45) is 35.4. The minimum Gasteiger partial charge on any atom is -0.394 e. The molecule has 0 radical (unpaired) electrons. The Kier molecular flexibility index (Phi) is 29.4. The molecule has 0 heterocycles. The molecule has 0 aromatic carbocycles. The monoisotopic (exact) mass is 563 g/mol. The summed E-state index contributed by atoms with van der Waals surface area (Å²) in [5, 5.41) is 32.9. The summed E-state index contributed by atoms with van der Waals surface area (Å²) < 4.78 is 0. The smallest absolute Gasteiger partial charge is 0.222 e. The molecule has 3 atom stereocenters. The molecule has 0 aliphatic carbocycles. The van der Waals surface area contributed by atoms with Crippen LogP contribution in [0.25, 0.3) is 0 Å². The summed E-state index contributed by atoms with van der Waals surface area (Å²) in [4.78, 5) is 12.3. The zero-order chi connectivity index (χ0) is 29.5. The van der Waals surface area contributed by atoms with Gasteiger partial charge in [-0.25, -0.2) is 0 Å². The normalized spacial score (nSPS) is 14.4. The van der Waals surface area contributed by atoms with Crippen LogP contribution in [0, 0.1) is 0 Å². The Morgan fingerprint density at radius 1 is 0.650 bits per heavy atom. The fourth-order valence-corrected chi connectivity index (χ4v) is 4.80. The van der Waals surface area contributed by atoms with Gasteiger partial charge in [0.15, 0.2) is 0 Å². The number of unbranched alkanes of at least 4 members (excludes halogenated alkanes) is 17. The van der Waals surface area contributed by atoms with Crippen LogP contribution < -0.4 is 5.32 Å². The van der Waals surface area contributed by atoms with Gasteiger partial charge in [0.05, 0.1) is 31.3 Å². The number of allylic oxidation sites excluding steroid dienone is 5. The zero-order valence-electron chi connectivity index (χ0n) is 26.2. The third-order valence-electron chi connectivity index (χ3n) is 7.45. The van der Waals surface area contributed by atoms with Gasteiger partial charge in [-0.05, 0) is 44.9 Å². The van der Waals surface area contributed by atoms with Crippen molar-refractivity contribution in [1.82, 2.24) is 5.32 Å². The molecule has 0 spiro atoms. The Morgan fingerprint density at radius 3 is 1.65 bits per heavy atom. The maximum Gasteiger partial charge on any atom is 0.222 e. The predicted octanol–water partition coefficient (Wildman–Crippen LogP) is 8.48. The molecule has 0 saturated heterocycles. The lowest BCUT2D eigenvalue weighted by Gasteiger charge is -2.21. The third-order valence-corrected chi connectivity index (χ3v) is 7.45. The van der Waals surface area contributed by atoms with E-state index in [1.54, 1.807) is 6.08 Å². The van der Waals surface area contributed by atoms with Gasteiger partial charge in [-0.15, -0.1) is 0 Å². The first-order chi connectivity index (χ1) is 19.5. The molecule has 234 valence electrons. The minimum atomic E-state index is -0.931. The largest absolute Gasteiger partial charge is 0.394 e. The van der Waals surface area contributed by atoms with Crippen molar-refractivity contribution < 1.29 is 20.1 Å². The molecular formula is C35H65NO4. The topological polar surface area (TPSA) is 89.8 Å². The molecule has 0 bridgehead atoms. The summed E-state index contributed by atoms with van der Waals surface area (Å²) in [7, 11) is 0. The molecule has 0 aliphatic rings. The second-order valence-corrected chi connectivity index (χ2v) is 11.4. The van der Waals surface area contributed by atoms with Crippen LogP contribution in [0.4, 0.5) is 0 Å². The number of carbonyl (C=O) groups is 1.